The molecule has 2 N–H and O–H groups in total. The lowest BCUT2D eigenvalue weighted by Gasteiger charge is -2.20. The first-order chi connectivity index (χ1) is 6.79. The summed E-state index contributed by atoms with van der Waals surface area (Å²) in [5.74, 6) is 0.189. The van der Waals surface area contributed by atoms with Crippen molar-refractivity contribution in [2.24, 2.45) is 0 Å². The maximum atomic E-state index is 9.66. The Hall–Kier alpha value is -1.94. The molecule has 2 aromatic heterocycles. The molecule has 3 heterocycles. The number of fused-ring (bicyclic) bond motifs is 2. The van der Waals surface area contributed by atoms with E-state index in [0.29, 0.717) is 0 Å². The molecule has 0 bridgehead atoms. The van der Waals surface area contributed by atoms with Crippen molar-refractivity contribution in [3.8, 4) is 0 Å². The Morgan fingerprint density at radius 1 is 0.857 bits per heavy atom. The zero-order chi connectivity index (χ0) is 9.71. The largest absolute Gasteiger partial charge is 0.365 e. The van der Waals surface area contributed by atoms with Crippen LogP contribution < -0.4 is 0 Å². The summed E-state index contributed by atoms with van der Waals surface area (Å²) in [4.78, 5) is 0. The molecule has 2 unspecified atom stereocenters. The van der Waals surface area contributed by atoms with Crippen molar-refractivity contribution >= 4 is 0 Å². The van der Waals surface area contributed by atoms with Crippen molar-refractivity contribution < 1.29 is 10.2 Å². The summed E-state index contributed by atoms with van der Waals surface area (Å²) in [5.41, 5.74) is 0. The van der Waals surface area contributed by atoms with E-state index in [1.165, 1.54) is 0 Å². The summed E-state index contributed by atoms with van der Waals surface area (Å²) < 4.78 is 2.10. The van der Waals surface area contributed by atoms with Crippen LogP contribution in [0.3, 0.4) is 0 Å². The van der Waals surface area contributed by atoms with Crippen molar-refractivity contribution in [1.82, 2.24) is 40.4 Å². The number of aliphatic hydroxyl groups excluding tert-OH is 2. The lowest BCUT2D eigenvalue weighted by molar-refractivity contribution is 0.0358. The van der Waals surface area contributed by atoms with Crippen LogP contribution >= 0.6 is 0 Å². The van der Waals surface area contributed by atoms with Gasteiger partial charge >= 0.3 is 0 Å². The molecule has 14 heavy (non-hydrogen) atoms. The average Bonchev–Trinajstić information content (AvgIpc) is 2.82. The van der Waals surface area contributed by atoms with Gasteiger partial charge in [0.1, 0.15) is 0 Å². The summed E-state index contributed by atoms with van der Waals surface area (Å²) in [6.07, 6.45) is -2.34. The van der Waals surface area contributed by atoms with Crippen molar-refractivity contribution in [3.05, 3.63) is 11.6 Å². The second kappa shape index (κ2) is 2.30. The second-order valence-corrected chi connectivity index (χ2v) is 2.71. The maximum Gasteiger partial charge on any atom is 0.213 e. The number of nitrogens with zero attached hydrogens (tertiary/aromatic N) is 8. The Labute approximate surface area is 75.8 Å². The van der Waals surface area contributed by atoms with Crippen LogP contribution in [0.5, 0.6) is 0 Å². The number of hydrogen-bond acceptors (Lipinski definition) is 8. The highest BCUT2D eigenvalue weighted by Gasteiger charge is 2.35. The molecule has 0 amide bonds. The van der Waals surface area contributed by atoms with E-state index in [2.05, 4.69) is 31.1 Å². The van der Waals surface area contributed by atoms with Crippen LogP contribution in [-0.2, 0) is 0 Å². The first-order valence-corrected chi connectivity index (χ1v) is 3.70. The summed E-state index contributed by atoms with van der Waals surface area (Å²) >= 11 is 0. The zero-order valence-electron chi connectivity index (χ0n) is 6.63. The monoisotopic (exact) mass is 196 g/mol. The van der Waals surface area contributed by atoms with Crippen molar-refractivity contribution in [1.29, 1.82) is 0 Å². The molecular weight excluding hydrogens is 192 g/mol. The van der Waals surface area contributed by atoms with Gasteiger partial charge < -0.3 is 10.2 Å². The normalized spacial score (nSPS) is 24.4. The van der Waals surface area contributed by atoms with Crippen molar-refractivity contribution in [2.75, 3.05) is 0 Å². The fourth-order valence-electron chi connectivity index (χ4n) is 1.31. The molecule has 72 valence electrons. The van der Waals surface area contributed by atoms with Gasteiger partial charge in [0, 0.05) is 0 Å². The fourth-order valence-corrected chi connectivity index (χ4v) is 1.31. The minimum absolute atomic E-state index is 0.0947. The van der Waals surface area contributed by atoms with E-state index in [9.17, 15) is 10.2 Å². The molecule has 0 aromatic carbocycles. The molecule has 10 heteroatoms. The maximum absolute atomic E-state index is 9.66. The van der Waals surface area contributed by atoms with Crippen LogP contribution in [0, 0.1) is 0 Å². The Bertz CT molecular complexity index is 394. The Morgan fingerprint density at radius 3 is 1.71 bits per heavy atom. The number of rotatable bonds is 0. The molecule has 2 atom stereocenters. The third kappa shape index (κ3) is 0.712. The molecule has 0 fully saturated rings. The summed E-state index contributed by atoms with van der Waals surface area (Å²) in [5, 5.41) is 40.0. The molecule has 0 spiro atoms. The highest BCUT2D eigenvalue weighted by Crippen LogP contribution is 2.24. The minimum Gasteiger partial charge on any atom is -0.365 e. The Balaban J connectivity index is 2.26. The molecule has 2 aromatic rings. The summed E-state index contributed by atoms with van der Waals surface area (Å²) in [6.45, 7) is 0. The van der Waals surface area contributed by atoms with E-state index in [0.717, 1.165) is 9.36 Å². The van der Waals surface area contributed by atoms with Gasteiger partial charge in [0.2, 0.25) is 24.1 Å². The highest BCUT2D eigenvalue weighted by atomic mass is 16.3. The SMILES string of the molecule is OC1c2nnnn2C(O)c2nnnn21. The highest BCUT2D eigenvalue weighted by molar-refractivity contribution is 5.03. The van der Waals surface area contributed by atoms with Crippen molar-refractivity contribution in [2.45, 2.75) is 12.5 Å². The summed E-state index contributed by atoms with van der Waals surface area (Å²) in [6, 6.07) is 0. The summed E-state index contributed by atoms with van der Waals surface area (Å²) in [7, 11) is 0. The lowest BCUT2D eigenvalue weighted by atomic mass is 10.4. The molecule has 0 saturated heterocycles. The molecule has 3 rings (SSSR count). The lowest BCUT2D eigenvalue weighted by Crippen LogP contribution is -2.30. The number of tetrazole rings is 2. The van der Waals surface area contributed by atoms with Crippen LogP contribution in [0.15, 0.2) is 0 Å². The number of hydrogen-bond donors (Lipinski definition) is 2. The average molecular weight is 196 g/mol. The van der Waals surface area contributed by atoms with Gasteiger partial charge in [-0.15, -0.1) is 10.2 Å². The van der Waals surface area contributed by atoms with Gasteiger partial charge in [0.05, 0.1) is 0 Å². The molecule has 10 nitrogen and oxygen atoms in total. The molecule has 0 radical (unpaired) electrons. The van der Waals surface area contributed by atoms with Crippen LogP contribution in [0.25, 0.3) is 0 Å². The molecule has 1 aliphatic heterocycles. The fraction of sp³-hybridized carbons (Fsp3) is 0.500. The standard InChI is InChI=1S/C4H4N8O2/c13-3-1-5-7-9-11(1)4(14)2-6-8-10-12(2)3/h3-4,13-14H. The zero-order valence-corrected chi connectivity index (χ0v) is 6.63. The van der Waals surface area contributed by atoms with E-state index in [1.807, 2.05) is 0 Å². The van der Waals surface area contributed by atoms with Gasteiger partial charge in [-0.1, -0.05) is 0 Å². The predicted molar refractivity (Wildman–Crippen MR) is 36.3 cm³/mol. The van der Waals surface area contributed by atoms with Gasteiger partial charge in [0.15, 0.2) is 0 Å². The molecule has 0 saturated carbocycles. The number of aliphatic hydroxyl groups is 2. The van der Waals surface area contributed by atoms with Crippen LogP contribution in [0.1, 0.15) is 24.1 Å². The van der Waals surface area contributed by atoms with Gasteiger partial charge in [0.25, 0.3) is 0 Å². The van der Waals surface area contributed by atoms with Crippen LogP contribution in [0.4, 0.5) is 0 Å². The van der Waals surface area contributed by atoms with Gasteiger partial charge in [-0.3, -0.25) is 0 Å². The van der Waals surface area contributed by atoms with Gasteiger partial charge in [-0.05, 0) is 20.9 Å². The number of aromatic nitrogens is 8. The van der Waals surface area contributed by atoms with Gasteiger partial charge in [-0.2, -0.15) is 9.36 Å². The van der Waals surface area contributed by atoms with Crippen LogP contribution in [-0.4, -0.2) is 50.6 Å². The van der Waals surface area contributed by atoms with Crippen LogP contribution in [0.2, 0.25) is 0 Å². The first-order valence-electron chi connectivity index (χ1n) is 3.70. The topological polar surface area (TPSA) is 128 Å². The third-order valence-electron chi connectivity index (χ3n) is 1.96. The van der Waals surface area contributed by atoms with E-state index < -0.39 is 12.5 Å². The van der Waals surface area contributed by atoms with E-state index in [4.69, 9.17) is 0 Å². The van der Waals surface area contributed by atoms with Crippen molar-refractivity contribution in [3.63, 3.8) is 0 Å². The molecular formula is C4H4N8O2. The quantitative estimate of drug-likeness (QED) is 0.457. The van der Waals surface area contributed by atoms with E-state index in [1.54, 1.807) is 0 Å². The minimum atomic E-state index is -1.17. The second-order valence-electron chi connectivity index (χ2n) is 2.71. The third-order valence-corrected chi connectivity index (χ3v) is 1.96. The van der Waals surface area contributed by atoms with E-state index >= 15 is 0 Å². The van der Waals surface area contributed by atoms with Gasteiger partial charge in [-0.25, -0.2) is 0 Å². The first kappa shape index (κ1) is 7.46. The Morgan fingerprint density at radius 2 is 1.29 bits per heavy atom. The predicted octanol–water partition coefficient (Wildman–Crippen LogP) is -2.95. The smallest absolute Gasteiger partial charge is 0.213 e. The molecule has 0 aliphatic carbocycles. The van der Waals surface area contributed by atoms with E-state index in [-0.39, 0.29) is 11.6 Å². The Kier molecular flexibility index (Phi) is 1.23. The molecule has 1 aliphatic rings.